The normalized spacial score (nSPS) is 18.6. The molecule has 102 valence electrons. The first kappa shape index (κ1) is 13.7. The molecule has 1 aliphatic carbocycles. The first-order chi connectivity index (χ1) is 8.38. The Bertz CT molecular complexity index is 529. The number of sulfonamides is 1. The van der Waals surface area contributed by atoms with Crippen molar-refractivity contribution in [1.82, 2.24) is 14.5 Å². The lowest BCUT2D eigenvalue weighted by Gasteiger charge is -2.40. The maximum atomic E-state index is 12.1. The van der Waals surface area contributed by atoms with E-state index in [4.69, 9.17) is 5.73 Å². The van der Waals surface area contributed by atoms with Gasteiger partial charge in [0.1, 0.15) is 4.90 Å². The number of aryl methyl sites for hydroxylation is 1. The van der Waals surface area contributed by atoms with E-state index in [1.54, 1.807) is 18.8 Å². The summed E-state index contributed by atoms with van der Waals surface area (Å²) in [6.45, 7) is 0.449. The summed E-state index contributed by atoms with van der Waals surface area (Å²) in [4.78, 5) is 0.0561. The minimum absolute atomic E-state index is 0.0387. The Labute approximate surface area is 111 Å². The van der Waals surface area contributed by atoms with Gasteiger partial charge in [0.15, 0.2) is 5.82 Å². The molecule has 2 rings (SSSR count). The highest BCUT2D eigenvalue weighted by molar-refractivity contribution is 8.00. The number of anilines is 1. The summed E-state index contributed by atoms with van der Waals surface area (Å²) in [7, 11) is -1.92. The van der Waals surface area contributed by atoms with Crippen LogP contribution in [0.2, 0.25) is 0 Å². The summed E-state index contributed by atoms with van der Waals surface area (Å²) in [5.74, 6) is 0.0387. The van der Waals surface area contributed by atoms with Crippen LogP contribution in [0.15, 0.2) is 11.1 Å². The second-order valence-corrected chi connectivity index (χ2v) is 7.63. The van der Waals surface area contributed by atoms with E-state index in [-0.39, 0.29) is 15.5 Å². The second kappa shape index (κ2) is 4.75. The Kier molecular flexibility index (Phi) is 3.61. The number of nitrogen functional groups attached to an aromatic ring is 1. The maximum absolute atomic E-state index is 12.1. The molecule has 1 saturated carbocycles. The van der Waals surface area contributed by atoms with Gasteiger partial charge in [-0.05, 0) is 19.1 Å². The van der Waals surface area contributed by atoms with Gasteiger partial charge in [-0.15, -0.1) is 0 Å². The van der Waals surface area contributed by atoms with Gasteiger partial charge < -0.3 is 5.73 Å². The van der Waals surface area contributed by atoms with E-state index in [1.807, 2.05) is 6.26 Å². The molecule has 1 aliphatic rings. The molecule has 1 aromatic rings. The van der Waals surface area contributed by atoms with Crippen LogP contribution in [0.5, 0.6) is 0 Å². The molecule has 0 radical (unpaired) electrons. The van der Waals surface area contributed by atoms with Crippen LogP contribution in [0.3, 0.4) is 0 Å². The molecule has 3 N–H and O–H groups in total. The third-order valence-corrected chi connectivity index (χ3v) is 6.23. The van der Waals surface area contributed by atoms with Gasteiger partial charge in [0.25, 0.3) is 0 Å². The number of hydrogen-bond acceptors (Lipinski definition) is 5. The minimum atomic E-state index is -3.56. The minimum Gasteiger partial charge on any atom is -0.381 e. The van der Waals surface area contributed by atoms with Crippen molar-refractivity contribution < 1.29 is 8.42 Å². The maximum Gasteiger partial charge on any atom is 0.245 e. The molecule has 0 atom stereocenters. The Morgan fingerprint density at radius 1 is 1.61 bits per heavy atom. The molecule has 1 aromatic heterocycles. The number of nitrogens with zero attached hydrogens (tertiary/aromatic N) is 2. The van der Waals surface area contributed by atoms with E-state index in [0.29, 0.717) is 6.54 Å². The SMILES string of the molecule is CSC1(CNS(=O)(=O)c2cn(C)nc2N)CCC1. The molecule has 8 heteroatoms. The Morgan fingerprint density at radius 2 is 2.28 bits per heavy atom. The Balaban J connectivity index is 2.10. The number of thioether (sulfide) groups is 1. The molecule has 18 heavy (non-hydrogen) atoms. The van der Waals surface area contributed by atoms with Gasteiger partial charge in [-0.25, -0.2) is 13.1 Å². The summed E-state index contributed by atoms with van der Waals surface area (Å²) in [5.41, 5.74) is 5.59. The van der Waals surface area contributed by atoms with Gasteiger partial charge in [-0.2, -0.15) is 16.9 Å². The average molecular weight is 290 g/mol. The molecular weight excluding hydrogens is 272 g/mol. The van der Waals surface area contributed by atoms with Crippen LogP contribution in [-0.4, -0.2) is 35.7 Å². The zero-order chi connectivity index (χ0) is 13.4. The standard InChI is InChI=1S/C10H18N4O2S2/c1-14-6-8(9(11)13-14)18(15,16)12-7-10(17-2)4-3-5-10/h6,12H,3-5,7H2,1-2H3,(H2,11,13). The molecule has 0 saturated heterocycles. The van der Waals surface area contributed by atoms with Gasteiger partial charge in [0.05, 0.1) is 0 Å². The monoisotopic (exact) mass is 290 g/mol. The molecule has 0 spiro atoms. The van der Waals surface area contributed by atoms with Crippen molar-refractivity contribution in [2.24, 2.45) is 7.05 Å². The number of rotatable bonds is 5. The number of nitrogens with two attached hydrogens (primary N) is 1. The fraction of sp³-hybridized carbons (Fsp3) is 0.700. The van der Waals surface area contributed by atoms with Gasteiger partial charge >= 0.3 is 0 Å². The van der Waals surface area contributed by atoms with Gasteiger partial charge in [-0.1, -0.05) is 6.42 Å². The number of aromatic nitrogens is 2. The molecule has 1 heterocycles. The lowest BCUT2D eigenvalue weighted by molar-refractivity contribution is 0.362. The zero-order valence-electron chi connectivity index (χ0n) is 10.5. The topological polar surface area (TPSA) is 90.0 Å². The average Bonchev–Trinajstić information content (AvgIpc) is 2.57. The fourth-order valence-electron chi connectivity index (χ4n) is 2.02. The smallest absolute Gasteiger partial charge is 0.245 e. The predicted octanol–water partition coefficient (Wildman–Crippen LogP) is 0.566. The van der Waals surface area contributed by atoms with Crippen LogP contribution in [0, 0.1) is 0 Å². The van der Waals surface area contributed by atoms with Crippen LogP contribution in [0.1, 0.15) is 19.3 Å². The first-order valence-electron chi connectivity index (χ1n) is 5.72. The predicted molar refractivity (Wildman–Crippen MR) is 72.9 cm³/mol. The second-order valence-electron chi connectivity index (χ2n) is 4.62. The van der Waals surface area contributed by atoms with Gasteiger partial charge in [0.2, 0.25) is 10.0 Å². The highest BCUT2D eigenvalue weighted by atomic mass is 32.2. The van der Waals surface area contributed by atoms with E-state index < -0.39 is 10.0 Å². The molecule has 1 fully saturated rings. The van der Waals surface area contributed by atoms with Crippen LogP contribution >= 0.6 is 11.8 Å². The summed E-state index contributed by atoms with van der Waals surface area (Å²) < 4.78 is 28.3. The van der Waals surface area contributed by atoms with Crippen molar-refractivity contribution in [3.63, 3.8) is 0 Å². The Hall–Kier alpha value is -0.730. The van der Waals surface area contributed by atoms with Crippen molar-refractivity contribution in [3.8, 4) is 0 Å². The Morgan fingerprint density at radius 3 is 2.67 bits per heavy atom. The van der Waals surface area contributed by atoms with Crippen molar-refractivity contribution in [2.45, 2.75) is 28.9 Å². The molecule has 0 aliphatic heterocycles. The third-order valence-electron chi connectivity index (χ3n) is 3.39. The molecule has 0 unspecified atom stereocenters. The summed E-state index contributed by atoms with van der Waals surface area (Å²) in [5, 5.41) is 3.85. The van der Waals surface area contributed by atoms with Crippen LogP contribution in [0.25, 0.3) is 0 Å². The van der Waals surface area contributed by atoms with Crippen molar-refractivity contribution in [2.75, 3.05) is 18.5 Å². The molecular formula is C10H18N4O2S2. The van der Waals surface area contributed by atoms with Crippen LogP contribution in [-0.2, 0) is 17.1 Å². The summed E-state index contributed by atoms with van der Waals surface area (Å²) in [6.07, 6.45) is 6.71. The number of nitrogens with one attached hydrogen (secondary N) is 1. The largest absolute Gasteiger partial charge is 0.381 e. The first-order valence-corrected chi connectivity index (χ1v) is 8.43. The van der Waals surface area contributed by atoms with Gasteiger partial charge in [-0.3, -0.25) is 4.68 Å². The lowest BCUT2D eigenvalue weighted by atomic mass is 9.84. The van der Waals surface area contributed by atoms with E-state index in [0.717, 1.165) is 19.3 Å². The quantitative estimate of drug-likeness (QED) is 0.827. The lowest BCUT2D eigenvalue weighted by Crippen LogP contribution is -2.45. The molecule has 0 aromatic carbocycles. The summed E-state index contributed by atoms with van der Waals surface area (Å²) >= 11 is 1.73. The molecule has 6 nitrogen and oxygen atoms in total. The highest BCUT2D eigenvalue weighted by Crippen LogP contribution is 2.42. The van der Waals surface area contributed by atoms with E-state index >= 15 is 0 Å². The zero-order valence-corrected chi connectivity index (χ0v) is 12.1. The van der Waals surface area contributed by atoms with Crippen molar-refractivity contribution >= 4 is 27.6 Å². The van der Waals surface area contributed by atoms with E-state index in [1.165, 1.54) is 10.9 Å². The van der Waals surface area contributed by atoms with E-state index in [2.05, 4.69) is 9.82 Å². The van der Waals surface area contributed by atoms with Crippen LogP contribution in [0.4, 0.5) is 5.82 Å². The van der Waals surface area contributed by atoms with Gasteiger partial charge in [0, 0.05) is 24.5 Å². The van der Waals surface area contributed by atoms with Crippen LogP contribution < -0.4 is 10.5 Å². The molecule has 0 bridgehead atoms. The highest BCUT2D eigenvalue weighted by Gasteiger charge is 2.37. The number of hydrogen-bond donors (Lipinski definition) is 2. The summed E-state index contributed by atoms with van der Waals surface area (Å²) in [6, 6.07) is 0. The van der Waals surface area contributed by atoms with Crippen molar-refractivity contribution in [1.29, 1.82) is 0 Å². The molecule has 0 amide bonds. The van der Waals surface area contributed by atoms with Crippen molar-refractivity contribution in [3.05, 3.63) is 6.20 Å². The fourth-order valence-corrected chi connectivity index (χ4v) is 4.25. The third kappa shape index (κ3) is 2.50. The van der Waals surface area contributed by atoms with E-state index in [9.17, 15) is 8.42 Å².